The van der Waals surface area contributed by atoms with Gasteiger partial charge in [0.15, 0.2) is 0 Å². The maximum atomic E-state index is 5.27. The second-order valence-electron chi connectivity index (χ2n) is 5.47. The number of hydrogen-bond donors (Lipinski definition) is 1. The van der Waals surface area contributed by atoms with Gasteiger partial charge in [0.05, 0.1) is 4.45 Å². The topological polar surface area (TPSA) is 26.0 Å². The lowest BCUT2D eigenvalue weighted by atomic mass is 10.4. The van der Waals surface area contributed by atoms with E-state index in [1.54, 1.807) is 18.5 Å². The number of halogens is 1. The minimum absolute atomic E-state index is 0.188. The number of nitrogens with two attached hydrogens (primary N) is 1. The third kappa shape index (κ3) is 25.7. The minimum atomic E-state index is -0.188. The molecule has 0 aliphatic heterocycles. The molecule has 1 nitrogen and oxygen atoms in total. The maximum absolute atomic E-state index is 5.27. The Morgan fingerprint density at radius 1 is 0.833 bits per heavy atom. The van der Waals surface area contributed by atoms with Crippen LogP contribution in [0.4, 0.5) is 0 Å². The van der Waals surface area contributed by atoms with Crippen LogP contribution in [0.3, 0.4) is 0 Å². The molecule has 0 amide bonds. The Morgan fingerprint density at radius 2 is 1.06 bits per heavy atom. The molecule has 0 fully saturated rings. The summed E-state index contributed by atoms with van der Waals surface area (Å²) in [5, 5.41) is 0. The lowest BCUT2D eigenvalue weighted by Gasteiger charge is -2.16. The van der Waals surface area contributed by atoms with E-state index in [0.29, 0.717) is 7.92 Å². The molecule has 0 rings (SSSR count). The van der Waals surface area contributed by atoms with Crippen molar-refractivity contribution < 1.29 is 0 Å². The van der Waals surface area contributed by atoms with Gasteiger partial charge >= 0.3 is 0 Å². The molecule has 0 spiro atoms. The van der Waals surface area contributed by atoms with Crippen molar-refractivity contribution in [2.45, 2.75) is 77.6 Å². The molecule has 0 atom stereocenters. The predicted octanol–water partition coefficient (Wildman–Crippen LogP) is 5.94. The zero-order valence-corrected chi connectivity index (χ0v) is 15.7. The molecule has 0 aromatic carbocycles. The first kappa shape index (κ1) is 21.2. The van der Waals surface area contributed by atoms with Crippen LogP contribution in [-0.2, 0) is 0 Å². The first-order valence-electron chi connectivity index (χ1n) is 7.55. The van der Waals surface area contributed by atoms with E-state index in [-0.39, 0.29) is 4.45 Å². The van der Waals surface area contributed by atoms with Crippen LogP contribution >= 0.6 is 23.9 Å². The van der Waals surface area contributed by atoms with Gasteiger partial charge in [-0.25, -0.2) is 0 Å². The highest BCUT2D eigenvalue weighted by atomic mass is 79.9. The average molecular weight is 340 g/mol. The van der Waals surface area contributed by atoms with E-state index in [0.717, 1.165) is 0 Å². The van der Waals surface area contributed by atoms with Gasteiger partial charge in [-0.1, -0.05) is 56.0 Å². The largest absolute Gasteiger partial charge is 0.317 e. The summed E-state index contributed by atoms with van der Waals surface area (Å²) in [5.74, 6) is 0. The van der Waals surface area contributed by atoms with Gasteiger partial charge in [0.1, 0.15) is 0 Å². The Labute approximate surface area is 126 Å². The maximum Gasteiger partial charge on any atom is 0.0660 e. The monoisotopic (exact) mass is 339 g/mol. The Morgan fingerprint density at radius 3 is 1.22 bits per heavy atom. The van der Waals surface area contributed by atoms with Gasteiger partial charge in [0, 0.05) is 0 Å². The Kier molecular flexibility index (Phi) is 16.8. The van der Waals surface area contributed by atoms with Gasteiger partial charge in [-0.3, -0.25) is 0 Å². The van der Waals surface area contributed by atoms with E-state index in [2.05, 4.69) is 36.7 Å². The zero-order valence-electron chi connectivity index (χ0n) is 13.3. The molecule has 18 heavy (non-hydrogen) atoms. The summed E-state index contributed by atoms with van der Waals surface area (Å²) in [7, 11) is 0.422. The molecular formula is C15H35BrNP. The van der Waals surface area contributed by atoms with Crippen molar-refractivity contribution in [3.8, 4) is 0 Å². The van der Waals surface area contributed by atoms with Crippen LogP contribution in [0.5, 0.6) is 0 Å². The molecule has 0 saturated carbocycles. The van der Waals surface area contributed by atoms with Gasteiger partial charge < -0.3 is 5.73 Å². The molecule has 0 aliphatic carbocycles. The normalized spacial score (nSPS) is 11.3. The van der Waals surface area contributed by atoms with Gasteiger partial charge in [0.25, 0.3) is 0 Å². The first-order chi connectivity index (χ1) is 8.35. The summed E-state index contributed by atoms with van der Waals surface area (Å²) in [6.07, 6.45) is 13.2. The van der Waals surface area contributed by atoms with Crippen molar-refractivity contribution in [2.75, 3.05) is 18.5 Å². The molecule has 3 heteroatoms. The van der Waals surface area contributed by atoms with Crippen LogP contribution in [0.1, 0.15) is 73.1 Å². The highest BCUT2D eigenvalue weighted by molar-refractivity contribution is 9.10. The summed E-state index contributed by atoms with van der Waals surface area (Å²) in [6.45, 7) is 10.7. The highest BCUT2D eigenvalue weighted by Crippen LogP contribution is 2.38. The van der Waals surface area contributed by atoms with E-state index in [4.69, 9.17) is 5.73 Å². The van der Waals surface area contributed by atoms with E-state index in [1.165, 1.54) is 38.5 Å². The van der Waals surface area contributed by atoms with E-state index in [1.807, 2.05) is 13.8 Å². The van der Waals surface area contributed by atoms with Gasteiger partial charge in [0.2, 0.25) is 0 Å². The van der Waals surface area contributed by atoms with Crippen molar-refractivity contribution >= 4 is 23.9 Å². The van der Waals surface area contributed by atoms with Gasteiger partial charge in [-0.2, -0.15) is 0 Å². The summed E-state index contributed by atoms with van der Waals surface area (Å²) in [5.41, 5.74) is 5.27. The van der Waals surface area contributed by atoms with E-state index < -0.39 is 0 Å². The molecular weight excluding hydrogens is 305 g/mol. The van der Waals surface area contributed by atoms with Crippen LogP contribution in [-0.4, -0.2) is 22.9 Å². The van der Waals surface area contributed by atoms with Crippen molar-refractivity contribution in [3.05, 3.63) is 0 Å². The van der Waals surface area contributed by atoms with E-state index >= 15 is 0 Å². The fraction of sp³-hybridized carbons (Fsp3) is 1.00. The molecule has 0 heterocycles. The molecule has 0 aliphatic rings. The predicted molar refractivity (Wildman–Crippen MR) is 93.4 cm³/mol. The second-order valence-corrected chi connectivity index (χ2v) is 10.2. The number of alkyl halides is 1. The van der Waals surface area contributed by atoms with Crippen LogP contribution in [0.25, 0.3) is 0 Å². The SMILES string of the molecule is CC(C)(N)Br.CCCCP(CCCC)CCCC. The molecule has 0 bridgehead atoms. The molecule has 112 valence electrons. The Hall–Kier alpha value is 0.870. The standard InChI is InChI=1S/C12H27P.C3H8BrN/c1-4-7-10-13(11-8-5-2)12-9-6-3;1-3(2,4)5/h4-12H2,1-3H3;5H2,1-2H3. The third-order valence-corrected chi connectivity index (χ3v) is 5.33. The lowest BCUT2D eigenvalue weighted by Crippen LogP contribution is -2.21. The van der Waals surface area contributed by atoms with Crippen molar-refractivity contribution in [3.63, 3.8) is 0 Å². The third-order valence-electron chi connectivity index (χ3n) is 2.48. The molecule has 0 aromatic heterocycles. The van der Waals surface area contributed by atoms with Crippen LogP contribution < -0.4 is 5.73 Å². The molecule has 0 aromatic rings. The first-order valence-corrected chi connectivity index (χ1v) is 10.2. The summed E-state index contributed by atoms with van der Waals surface area (Å²) < 4.78 is -0.188. The molecule has 2 N–H and O–H groups in total. The number of hydrogen-bond acceptors (Lipinski definition) is 1. The molecule has 0 radical (unpaired) electrons. The van der Waals surface area contributed by atoms with Crippen molar-refractivity contribution in [1.29, 1.82) is 0 Å². The average Bonchev–Trinajstić information content (AvgIpc) is 2.26. The van der Waals surface area contributed by atoms with Crippen LogP contribution in [0, 0.1) is 0 Å². The number of rotatable bonds is 9. The summed E-state index contributed by atoms with van der Waals surface area (Å²) >= 11 is 3.15. The quantitative estimate of drug-likeness (QED) is 0.313. The van der Waals surface area contributed by atoms with Crippen molar-refractivity contribution in [2.24, 2.45) is 5.73 Å². The van der Waals surface area contributed by atoms with Crippen LogP contribution in [0.2, 0.25) is 0 Å². The Bertz CT molecular complexity index is 132. The smallest absolute Gasteiger partial charge is 0.0660 e. The zero-order chi connectivity index (χ0) is 14.4. The fourth-order valence-electron chi connectivity index (χ4n) is 1.48. The summed E-state index contributed by atoms with van der Waals surface area (Å²) in [4.78, 5) is 0. The minimum Gasteiger partial charge on any atom is -0.317 e. The van der Waals surface area contributed by atoms with Gasteiger partial charge in [-0.15, -0.1) is 7.92 Å². The number of unbranched alkanes of at least 4 members (excludes halogenated alkanes) is 3. The van der Waals surface area contributed by atoms with Crippen LogP contribution in [0.15, 0.2) is 0 Å². The summed E-state index contributed by atoms with van der Waals surface area (Å²) in [6, 6.07) is 0. The highest BCUT2D eigenvalue weighted by Gasteiger charge is 2.05. The lowest BCUT2D eigenvalue weighted by molar-refractivity contribution is 0.778. The van der Waals surface area contributed by atoms with E-state index in [9.17, 15) is 0 Å². The van der Waals surface area contributed by atoms with Crippen molar-refractivity contribution in [1.82, 2.24) is 0 Å². The molecule has 0 unspecified atom stereocenters. The molecule has 0 saturated heterocycles. The fourth-order valence-corrected chi connectivity index (χ4v) is 4.44. The van der Waals surface area contributed by atoms with Gasteiger partial charge in [-0.05, 0) is 51.6 Å². The second kappa shape index (κ2) is 14.3. The Balaban J connectivity index is 0.